The van der Waals surface area contributed by atoms with Gasteiger partial charge in [-0.15, -0.1) is 0 Å². The minimum atomic E-state index is -0.586. The first kappa shape index (κ1) is 27.9. The Morgan fingerprint density at radius 1 is 1.05 bits per heavy atom. The van der Waals surface area contributed by atoms with E-state index in [-0.39, 0.29) is 29.7 Å². The van der Waals surface area contributed by atoms with Gasteiger partial charge in [-0.05, 0) is 51.2 Å². The fourth-order valence-electron chi connectivity index (χ4n) is 5.08. The number of amides is 2. The lowest BCUT2D eigenvalue weighted by Crippen LogP contribution is -2.52. The summed E-state index contributed by atoms with van der Waals surface area (Å²) in [5.41, 5.74) is 2.01. The van der Waals surface area contributed by atoms with Crippen LogP contribution in [0.3, 0.4) is 0 Å². The third-order valence-electron chi connectivity index (χ3n) is 7.33. The van der Waals surface area contributed by atoms with Crippen LogP contribution in [0.1, 0.15) is 45.6 Å². The molecule has 214 valence electrons. The second kappa shape index (κ2) is 10.8. The Morgan fingerprint density at radius 2 is 1.73 bits per heavy atom. The first-order chi connectivity index (χ1) is 19.5. The number of carbonyl (C=O) groups is 2. The molecule has 0 radical (unpaired) electrons. The van der Waals surface area contributed by atoms with Crippen LogP contribution in [-0.2, 0) is 22.1 Å². The van der Waals surface area contributed by atoms with Crippen molar-refractivity contribution in [1.29, 1.82) is 0 Å². The summed E-state index contributed by atoms with van der Waals surface area (Å²) >= 11 is 0. The van der Waals surface area contributed by atoms with E-state index in [2.05, 4.69) is 20.9 Å². The first-order valence-corrected chi connectivity index (χ1v) is 13.7. The molecule has 1 aliphatic rings. The SMILES string of the molecule is CNC(=O)CNc1nc2oc(-c3ccc(C4(NC(=O)OC(C)(C)C)CCC4)cc3)c(-c3ccccc3)c2c(=O)n1C. The number of rotatable bonds is 7. The van der Waals surface area contributed by atoms with E-state index in [1.165, 1.54) is 11.6 Å². The first-order valence-electron chi connectivity index (χ1n) is 13.7. The van der Waals surface area contributed by atoms with Crippen molar-refractivity contribution in [2.45, 2.75) is 51.2 Å². The van der Waals surface area contributed by atoms with E-state index in [1.54, 1.807) is 7.05 Å². The number of furan rings is 1. The van der Waals surface area contributed by atoms with Gasteiger partial charge >= 0.3 is 6.09 Å². The third kappa shape index (κ3) is 5.54. The van der Waals surface area contributed by atoms with Crippen molar-refractivity contribution >= 4 is 29.0 Å². The molecule has 10 heteroatoms. The van der Waals surface area contributed by atoms with Gasteiger partial charge < -0.3 is 25.1 Å². The maximum Gasteiger partial charge on any atom is 0.408 e. The van der Waals surface area contributed by atoms with Gasteiger partial charge in [-0.25, -0.2) is 4.79 Å². The molecule has 3 N–H and O–H groups in total. The summed E-state index contributed by atoms with van der Waals surface area (Å²) in [6.45, 7) is 5.49. The quantitative estimate of drug-likeness (QED) is 0.294. The summed E-state index contributed by atoms with van der Waals surface area (Å²) in [4.78, 5) is 42.5. The number of nitrogens with one attached hydrogen (secondary N) is 3. The summed E-state index contributed by atoms with van der Waals surface area (Å²) in [6.07, 6.45) is 2.20. The molecular weight excluding hydrogens is 522 g/mol. The van der Waals surface area contributed by atoms with Gasteiger partial charge in [0.1, 0.15) is 16.7 Å². The van der Waals surface area contributed by atoms with Gasteiger partial charge in [0.05, 0.1) is 12.1 Å². The Morgan fingerprint density at radius 3 is 2.32 bits per heavy atom. The highest BCUT2D eigenvalue weighted by molar-refractivity contribution is 6.00. The number of hydrogen-bond acceptors (Lipinski definition) is 7. The number of fused-ring (bicyclic) bond motifs is 1. The molecule has 10 nitrogen and oxygen atoms in total. The molecule has 1 fully saturated rings. The molecule has 4 aromatic rings. The Balaban J connectivity index is 1.56. The number of likely N-dealkylation sites (N-methyl/N-ethyl adjacent to an activating group) is 1. The number of anilines is 1. The lowest BCUT2D eigenvalue weighted by molar-refractivity contribution is -0.118. The lowest BCUT2D eigenvalue weighted by atomic mass is 9.71. The molecule has 0 atom stereocenters. The van der Waals surface area contributed by atoms with Crippen LogP contribution in [0.25, 0.3) is 33.6 Å². The van der Waals surface area contributed by atoms with Crippen molar-refractivity contribution < 1.29 is 18.7 Å². The van der Waals surface area contributed by atoms with Crippen LogP contribution < -0.4 is 21.5 Å². The molecule has 1 saturated carbocycles. The van der Waals surface area contributed by atoms with Crippen LogP contribution in [0, 0.1) is 0 Å². The van der Waals surface area contributed by atoms with Crippen LogP contribution in [0.4, 0.5) is 10.7 Å². The minimum absolute atomic E-state index is 0.0397. The molecular formula is C31H35N5O5. The summed E-state index contributed by atoms with van der Waals surface area (Å²) in [6, 6.07) is 17.4. The summed E-state index contributed by atoms with van der Waals surface area (Å²) in [5.74, 6) is 0.491. The highest BCUT2D eigenvalue weighted by atomic mass is 16.6. The van der Waals surface area contributed by atoms with E-state index in [0.29, 0.717) is 16.7 Å². The van der Waals surface area contributed by atoms with E-state index in [1.807, 2.05) is 75.4 Å². The molecule has 0 spiro atoms. The van der Waals surface area contributed by atoms with Gasteiger partial charge in [-0.2, -0.15) is 4.98 Å². The van der Waals surface area contributed by atoms with Gasteiger partial charge in [-0.1, -0.05) is 54.6 Å². The average Bonchev–Trinajstić information content (AvgIpc) is 3.31. The number of alkyl carbamates (subject to hydrolysis) is 1. The number of benzene rings is 2. The van der Waals surface area contributed by atoms with Crippen LogP contribution in [0.15, 0.2) is 63.8 Å². The van der Waals surface area contributed by atoms with E-state index in [4.69, 9.17) is 9.15 Å². The molecule has 0 aliphatic heterocycles. The van der Waals surface area contributed by atoms with Crippen molar-refractivity contribution in [3.8, 4) is 22.5 Å². The standard InChI is InChI=1S/C31H35N5O5/c1-30(2,3)41-29(39)35-31(16-9-17-31)21-14-12-20(13-15-21)25-23(19-10-7-6-8-11-19)24-26(40-25)34-28(36(5)27(24)38)33-18-22(37)32-4/h6-8,10-15H,9,16-18H2,1-5H3,(H,32,37)(H,33,34)(H,35,39). The van der Waals surface area contributed by atoms with Crippen molar-refractivity contribution in [2.24, 2.45) is 7.05 Å². The number of aromatic nitrogens is 2. The van der Waals surface area contributed by atoms with Crippen LogP contribution >= 0.6 is 0 Å². The molecule has 1 aliphatic carbocycles. The number of carbonyl (C=O) groups excluding carboxylic acids is 2. The number of hydrogen-bond donors (Lipinski definition) is 3. The molecule has 2 aromatic carbocycles. The van der Waals surface area contributed by atoms with Crippen molar-refractivity contribution in [2.75, 3.05) is 18.9 Å². The molecule has 0 unspecified atom stereocenters. The molecule has 5 rings (SSSR count). The fraction of sp³-hybridized carbons (Fsp3) is 0.355. The van der Waals surface area contributed by atoms with Gasteiger partial charge in [0.15, 0.2) is 0 Å². The predicted octanol–water partition coefficient (Wildman–Crippen LogP) is 4.92. The fourth-order valence-corrected chi connectivity index (χ4v) is 5.08. The van der Waals surface area contributed by atoms with Gasteiger partial charge in [0.2, 0.25) is 17.6 Å². The second-order valence-corrected chi connectivity index (χ2v) is 11.3. The Bertz CT molecular complexity index is 1640. The van der Waals surface area contributed by atoms with E-state index in [0.717, 1.165) is 36.0 Å². The van der Waals surface area contributed by atoms with E-state index < -0.39 is 17.2 Å². The Labute approximate surface area is 238 Å². The van der Waals surface area contributed by atoms with Crippen molar-refractivity contribution in [1.82, 2.24) is 20.2 Å². The zero-order valence-electron chi connectivity index (χ0n) is 24.0. The van der Waals surface area contributed by atoms with Crippen LogP contribution in [-0.4, -0.2) is 40.7 Å². The normalized spacial score (nSPS) is 14.3. The number of nitrogens with zero attached hydrogens (tertiary/aromatic N) is 2. The zero-order valence-corrected chi connectivity index (χ0v) is 24.0. The van der Waals surface area contributed by atoms with Crippen molar-refractivity contribution in [3.05, 3.63) is 70.5 Å². The largest absolute Gasteiger partial charge is 0.444 e. The Hall–Kier alpha value is -4.60. The topological polar surface area (TPSA) is 127 Å². The molecule has 2 heterocycles. The average molecular weight is 558 g/mol. The van der Waals surface area contributed by atoms with E-state index in [9.17, 15) is 14.4 Å². The summed E-state index contributed by atoms with van der Waals surface area (Å²) < 4.78 is 13.2. The second-order valence-electron chi connectivity index (χ2n) is 11.3. The Kier molecular flexibility index (Phi) is 7.33. The van der Waals surface area contributed by atoms with Crippen LogP contribution in [0.5, 0.6) is 0 Å². The molecule has 0 saturated heterocycles. The van der Waals surface area contributed by atoms with Crippen molar-refractivity contribution in [3.63, 3.8) is 0 Å². The monoisotopic (exact) mass is 557 g/mol. The maximum atomic E-state index is 13.6. The molecule has 0 bridgehead atoms. The molecule has 2 amide bonds. The summed E-state index contributed by atoms with van der Waals surface area (Å²) in [5, 5.41) is 8.89. The highest BCUT2D eigenvalue weighted by Crippen LogP contribution is 2.43. The third-order valence-corrected chi connectivity index (χ3v) is 7.33. The van der Waals surface area contributed by atoms with Crippen LogP contribution in [0.2, 0.25) is 0 Å². The lowest BCUT2D eigenvalue weighted by Gasteiger charge is -2.43. The zero-order chi connectivity index (χ0) is 29.4. The highest BCUT2D eigenvalue weighted by Gasteiger charge is 2.41. The summed E-state index contributed by atoms with van der Waals surface area (Å²) in [7, 11) is 3.14. The molecule has 41 heavy (non-hydrogen) atoms. The van der Waals surface area contributed by atoms with Gasteiger partial charge in [0, 0.05) is 25.2 Å². The molecule has 2 aromatic heterocycles. The number of ether oxygens (including phenoxy) is 1. The van der Waals surface area contributed by atoms with Gasteiger partial charge in [0.25, 0.3) is 5.56 Å². The van der Waals surface area contributed by atoms with Gasteiger partial charge in [-0.3, -0.25) is 14.2 Å². The maximum absolute atomic E-state index is 13.6. The van der Waals surface area contributed by atoms with E-state index >= 15 is 0 Å². The minimum Gasteiger partial charge on any atom is -0.444 e. The predicted molar refractivity (Wildman–Crippen MR) is 158 cm³/mol. The smallest absolute Gasteiger partial charge is 0.408 e.